The molecule has 0 aliphatic heterocycles. The van der Waals surface area contributed by atoms with Gasteiger partial charge in [-0.15, -0.1) is 6.58 Å². The molecule has 0 bridgehead atoms. The third kappa shape index (κ3) is 3.95. The van der Waals surface area contributed by atoms with Crippen LogP contribution in [0.15, 0.2) is 58.4 Å². The van der Waals surface area contributed by atoms with E-state index in [-0.39, 0.29) is 16.4 Å². The van der Waals surface area contributed by atoms with Gasteiger partial charge in [-0.2, -0.15) is 8.42 Å². The number of rotatable bonds is 6. The minimum Gasteiger partial charge on any atom is -0.495 e. The second-order valence-corrected chi connectivity index (χ2v) is 7.26. The molecule has 2 aromatic carbocycles. The van der Waals surface area contributed by atoms with Crippen molar-refractivity contribution in [3.05, 3.63) is 64.7 Å². The molecular formula is C17H17BrO4S. The number of allylic oxidation sites excluding steroid dienone is 1. The Bertz CT molecular complexity index is 828. The molecule has 0 saturated carbocycles. The van der Waals surface area contributed by atoms with Gasteiger partial charge in [0, 0.05) is 4.47 Å². The van der Waals surface area contributed by atoms with Gasteiger partial charge in [0.15, 0.2) is 0 Å². The summed E-state index contributed by atoms with van der Waals surface area (Å²) in [5.74, 6) is 0.526. The first kappa shape index (κ1) is 17.6. The maximum Gasteiger partial charge on any atom is 0.342 e. The van der Waals surface area contributed by atoms with E-state index >= 15 is 0 Å². The highest BCUT2D eigenvalue weighted by molar-refractivity contribution is 9.10. The van der Waals surface area contributed by atoms with Crippen LogP contribution in [-0.4, -0.2) is 15.5 Å². The highest BCUT2D eigenvalue weighted by Crippen LogP contribution is 2.33. The lowest BCUT2D eigenvalue weighted by Crippen LogP contribution is -2.12. The molecule has 0 fully saturated rings. The number of hydrogen-bond acceptors (Lipinski definition) is 4. The standard InChI is InChI=1S/C17H17BrO4S/c1-4-7-13-8-5-6-9-15(13)22-23(19,20)17-11-14(18)12(2)10-16(17)21-3/h4-6,8-11H,1,7H2,2-3H3. The summed E-state index contributed by atoms with van der Waals surface area (Å²) in [4.78, 5) is -0.0223. The summed E-state index contributed by atoms with van der Waals surface area (Å²) < 4.78 is 36.5. The molecule has 0 aliphatic carbocycles. The number of halogens is 1. The summed E-state index contributed by atoms with van der Waals surface area (Å²) in [6, 6.07) is 10.1. The van der Waals surface area contributed by atoms with E-state index in [0.717, 1.165) is 11.1 Å². The van der Waals surface area contributed by atoms with Crippen molar-refractivity contribution < 1.29 is 17.3 Å². The number of para-hydroxylation sites is 1. The molecule has 4 nitrogen and oxygen atoms in total. The van der Waals surface area contributed by atoms with E-state index in [1.807, 2.05) is 13.0 Å². The first-order valence-corrected chi connectivity index (χ1v) is 9.06. The third-order valence-electron chi connectivity index (χ3n) is 3.25. The number of methoxy groups -OCH3 is 1. The Hall–Kier alpha value is -1.79. The van der Waals surface area contributed by atoms with Crippen molar-refractivity contribution in [1.29, 1.82) is 0 Å². The van der Waals surface area contributed by atoms with E-state index in [2.05, 4.69) is 22.5 Å². The van der Waals surface area contributed by atoms with Crippen molar-refractivity contribution in [3.63, 3.8) is 0 Å². The summed E-state index contributed by atoms with van der Waals surface area (Å²) in [5, 5.41) is 0. The lowest BCUT2D eigenvalue weighted by molar-refractivity contribution is 0.397. The van der Waals surface area contributed by atoms with E-state index in [1.54, 1.807) is 30.3 Å². The van der Waals surface area contributed by atoms with Crippen LogP contribution in [0.3, 0.4) is 0 Å². The van der Waals surface area contributed by atoms with Crippen molar-refractivity contribution in [2.75, 3.05) is 7.11 Å². The molecular weight excluding hydrogens is 380 g/mol. The summed E-state index contributed by atoms with van der Waals surface area (Å²) in [6.07, 6.45) is 2.21. The van der Waals surface area contributed by atoms with Crippen molar-refractivity contribution in [1.82, 2.24) is 0 Å². The van der Waals surface area contributed by atoms with Crippen molar-refractivity contribution in [3.8, 4) is 11.5 Å². The monoisotopic (exact) mass is 396 g/mol. The predicted octanol–water partition coefficient (Wildman–Crippen LogP) is 4.26. The van der Waals surface area contributed by atoms with E-state index in [0.29, 0.717) is 10.9 Å². The first-order valence-electron chi connectivity index (χ1n) is 6.86. The maximum atomic E-state index is 12.7. The fraction of sp³-hybridized carbons (Fsp3) is 0.176. The molecule has 6 heteroatoms. The highest BCUT2D eigenvalue weighted by atomic mass is 79.9. The summed E-state index contributed by atoms with van der Waals surface area (Å²) in [7, 11) is -2.60. The Balaban J connectivity index is 2.48. The van der Waals surface area contributed by atoms with E-state index in [4.69, 9.17) is 8.92 Å². The van der Waals surface area contributed by atoms with Crippen molar-refractivity contribution in [2.24, 2.45) is 0 Å². The van der Waals surface area contributed by atoms with Crippen molar-refractivity contribution in [2.45, 2.75) is 18.2 Å². The molecule has 0 amide bonds. The summed E-state index contributed by atoms with van der Waals surface area (Å²) in [6.45, 7) is 5.52. The maximum absolute atomic E-state index is 12.7. The molecule has 0 spiro atoms. The second-order valence-electron chi connectivity index (χ2n) is 4.89. The van der Waals surface area contributed by atoms with Crippen LogP contribution in [-0.2, 0) is 16.5 Å². The molecule has 2 aromatic rings. The number of benzene rings is 2. The second kappa shape index (κ2) is 7.19. The van der Waals surface area contributed by atoms with Gasteiger partial charge in [-0.25, -0.2) is 0 Å². The average molecular weight is 397 g/mol. The Morgan fingerprint density at radius 1 is 1.22 bits per heavy atom. The van der Waals surface area contributed by atoms with E-state index in [1.165, 1.54) is 13.2 Å². The van der Waals surface area contributed by atoms with Crippen LogP contribution in [0.2, 0.25) is 0 Å². The number of aryl methyl sites for hydroxylation is 1. The Kier molecular flexibility index (Phi) is 5.49. The average Bonchev–Trinajstić information content (AvgIpc) is 2.51. The summed E-state index contributed by atoms with van der Waals surface area (Å²) in [5.41, 5.74) is 1.61. The SMILES string of the molecule is C=CCc1ccccc1OS(=O)(=O)c1cc(Br)c(C)cc1OC. The number of hydrogen-bond donors (Lipinski definition) is 0. The van der Waals surface area contributed by atoms with Crippen LogP contribution >= 0.6 is 15.9 Å². The van der Waals surface area contributed by atoms with Crippen LogP contribution in [0.1, 0.15) is 11.1 Å². The lowest BCUT2D eigenvalue weighted by atomic mass is 10.1. The molecule has 0 radical (unpaired) electrons. The quantitative estimate of drug-likeness (QED) is 0.540. The van der Waals surface area contributed by atoms with E-state index in [9.17, 15) is 8.42 Å². The number of ether oxygens (including phenoxy) is 1. The molecule has 0 saturated heterocycles. The molecule has 122 valence electrons. The van der Waals surface area contributed by atoms with Crippen LogP contribution in [0.5, 0.6) is 11.5 Å². The lowest BCUT2D eigenvalue weighted by Gasteiger charge is -2.14. The molecule has 0 atom stereocenters. The zero-order valence-corrected chi connectivity index (χ0v) is 15.3. The van der Waals surface area contributed by atoms with Gasteiger partial charge in [0.05, 0.1) is 7.11 Å². The molecule has 23 heavy (non-hydrogen) atoms. The zero-order valence-electron chi connectivity index (χ0n) is 12.9. The fourth-order valence-corrected chi connectivity index (χ4v) is 3.70. The predicted molar refractivity (Wildman–Crippen MR) is 93.6 cm³/mol. The first-order chi connectivity index (χ1) is 10.9. The Morgan fingerprint density at radius 2 is 1.91 bits per heavy atom. The van der Waals surface area contributed by atoms with Crippen LogP contribution in [0, 0.1) is 6.92 Å². The minimum atomic E-state index is -4.03. The largest absolute Gasteiger partial charge is 0.495 e. The molecule has 0 aromatic heterocycles. The fourth-order valence-electron chi connectivity index (χ4n) is 2.06. The molecule has 0 heterocycles. The highest BCUT2D eigenvalue weighted by Gasteiger charge is 2.24. The van der Waals surface area contributed by atoms with Gasteiger partial charge in [-0.3, -0.25) is 0 Å². The van der Waals surface area contributed by atoms with Gasteiger partial charge in [0.25, 0.3) is 0 Å². The van der Waals surface area contributed by atoms with Gasteiger partial charge < -0.3 is 8.92 Å². The molecule has 0 aliphatic rings. The Labute approximate surface area is 145 Å². The molecule has 2 rings (SSSR count). The smallest absolute Gasteiger partial charge is 0.342 e. The van der Waals surface area contributed by atoms with Gasteiger partial charge in [-0.1, -0.05) is 40.2 Å². The zero-order chi connectivity index (χ0) is 17.0. The van der Waals surface area contributed by atoms with Gasteiger partial charge >= 0.3 is 10.1 Å². The van der Waals surface area contributed by atoms with Gasteiger partial charge in [-0.05, 0) is 42.7 Å². The normalized spacial score (nSPS) is 11.1. The third-order valence-corrected chi connectivity index (χ3v) is 5.36. The van der Waals surface area contributed by atoms with Crippen LogP contribution < -0.4 is 8.92 Å². The summed E-state index contributed by atoms with van der Waals surface area (Å²) >= 11 is 3.34. The molecule has 0 unspecified atom stereocenters. The van der Waals surface area contributed by atoms with Gasteiger partial charge in [0.1, 0.15) is 16.4 Å². The Morgan fingerprint density at radius 3 is 2.57 bits per heavy atom. The minimum absolute atomic E-state index is 0.0223. The van der Waals surface area contributed by atoms with E-state index < -0.39 is 10.1 Å². The van der Waals surface area contributed by atoms with Crippen molar-refractivity contribution >= 4 is 26.0 Å². The van der Waals surface area contributed by atoms with Gasteiger partial charge in [0.2, 0.25) is 0 Å². The van der Waals surface area contributed by atoms with Crippen LogP contribution in [0.25, 0.3) is 0 Å². The molecule has 0 N–H and O–H groups in total. The van der Waals surface area contributed by atoms with Crippen LogP contribution in [0.4, 0.5) is 0 Å². The topological polar surface area (TPSA) is 52.6 Å².